The molecule has 1 aliphatic carbocycles. The quantitative estimate of drug-likeness (QED) is 0.330. The van der Waals surface area contributed by atoms with E-state index in [1.807, 2.05) is 0 Å². The zero-order chi connectivity index (χ0) is 20.7. The van der Waals surface area contributed by atoms with Crippen LogP contribution in [0.3, 0.4) is 0 Å². The Morgan fingerprint density at radius 2 is 1.17 bits per heavy atom. The fourth-order valence-corrected chi connectivity index (χ4v) is 9.39. The Balaban J connectivity index is 1.64. The molecule has 0 amide bonds. The van der Waals surface area contributed by atoms with E-state index in [0.29, 0.717) is 11.7 Å². The van der Waals surface area contributed by atoms with E-state index < -0.39 is 7.26 Å². The van der Waals surface area contributed by atoms with Crippen molar-refractivity contribution in [2.24, 2.45) is 5.92 Å². The van der Waals surface area contributed by atoms with Crippen LogP contribution in [0.15, 0.2) is 91.0 Å². The molecule has 0 aliphatic heterocycles. The summed E-state index contributed by atoms with van der Waals surface area (Å²) in [7, 11) is -1.72. The van der Waals surface area contributed by atoms with E-state index in [-0.39, 0.29) is 0 Å². The SMILES string of the molecule is O=C1CCCCC1CCCC[P+](c1ccccc1)(c1ccccc1)c1ccccc1. The van der Waals surface area contributed by atoms with E-state index >= 15 is 0 Å². The fraction of sp³-hybridized carbons (Fsp3) is 0.321. The van der Waals surface area contributed by atoms with Crippen molar-refractivity contribution in [1.82, 2.24) is 0 Å². The van der Waals surface area contributed by atoms with Crippen LogP contribution in [0.4, 0.5) is 0 Å². The van der Waals surface area contributed by atoms with E-state index in [2.05, 4.69) is 91.0 Å². The molecule has 1 fully saturated rings. The lowest BCUT2D eigenvalue weighted by Crippen LogP contribution is -2.33. The number of Topliss-reactive ketones (excluding diaryl/α,β-unsaturated/α-hetero) is 1. The molecule has 1 unspecified atom stereocenters. The summed E-state index contributed by atoms with van der Waals surface area (Å²) in [5.41, 5.74) is 0. The van der Waals surface area contributed by atoms with E-state index in [9.17, 15) is 4.79 Å². The first kappa shape index (κ1) is 21.0. The van der Waals surface area contributed by atoms with Crippen LogP contribution in [-0.2, 0) is 4.79 Å². The largest absolute Gasteiger partial charge is 0.299 e. The predicted octanol–water partition coefficient (Wildman–Crippen LogP) is 5.91. The van der Waals surface area contributed by atoms with Crippen molar-refractivity contribution in [2.75, 3.05) is 6.16 Å². The summed E-state index contributed by atoms with van der Waals surface area (Å²) in [5.74, 6) is 0.827. The highest BCUT2D eigenvalue weighted by atomic mass is 31.2. The van der Waals surface area contributed by atoms with Gasteiger partial charge in [0.15, 0.2) is 0 Å². The van der Waals surface area contributed by atoms with Gasteiger partial charge in [-0.15, -0.1) is 0 Å². The normalized spacial score (nSPS) is 17.1. The molecule has 3 aromatic rings. The lowest BCUT2D eigenvalue weighted by atomic mass is 9.85. The maximum Gasteiger partial charge on any atom is 0.135 e. The molecule has 1 atom stereocenters. The van der Waals surface area contributed by atoms with Gasteiger partial charge in [0.1, 0.15) is 29.0 Å². The third-order valence-corrected chi connectivity index (χ3v) is 11.1. The molecule has 0 aromatic heterocycles. The van der Waals surface area contributed by atoms with E-state index in [4.69, 9.17) is 0 Å². The van der Waals surface area contributed by atoms with Crippen LogP contribution >= 0.6 is 7.26 Å². The Bertz CT molecular complexity index is 824. The number of ketones is 1. The predicted molar refractivity (Wildman–Crippen MR) is 131 cm³/mol. The number of carbonyl (C=O) groups is 1. The van der Waals surface area contributed by atoms with E-state index in [0.717, 1.165) is 44.7 Å². The second-order valence-corrected chi connectivity index (χ2v) is 12.1. The highest BCUT2D eigenvalue weighted by molar-refractivity contribution is 7.95. The second kappa shape index (κ2) is 10.2. The fourth-order valence-electron chi connectivity index (χ4n) is 4.98. The highest BCUT2D eigenvalue weighted by Gasteiger charge is 2.44. The highest BCUT2D eigenvalue weighted by Crippen LogP contribution is 2.56. The van der Waals surface area contributed by atoms with Crippen LogP contribution < -0.4 is 15.9 Å². The van der Waals surface area contributed by atoms with Crippen LogP contribution in [0.1, 0.15) is 44.9 Å². The van der Waals surface area contributed by atoms with Gasteiger partial charge in [0.05, 0.1) is 6.16 Å². The van der Waals surface area contributed by atoms with Crippen LogP contribution in [0, 0.1) is 5.92 Å². The first-order chi connectivity index (χ1) is 14.8. The van der Waals surface area contributed by atoms with Gasteiger partial charge in [-0.2, -0.15) is 0 Å². The molecule has 0 spiro atoms. The van der Waals surface area contributed by atoms with Crippen molar-refractivity contribution >= 4 is 29.0 Å². The number of hydrogen-bond acceptors (Lipinski definition) is 1. The van der Waals surface area contributed by atoms with Crippen molar-refractivity contribution in [1.29, 1.82) is 0 Å². The molecule has 154 valence electrons. The minimum atomic E-state index is -1.72. The third-order valence-electron chi connectivity index (χ3n) is 6.57. The lowest BCUT2D eigenvalue weighted by molar-refractivity contribution is -0.124. The van der Waals surface area contributed by atoms with Crippen LogP contribution in [0.25, 0.3) is 0 Å². The van der Waals surface area contributed by atoms with Gasteiger partial charge in [-0.1, -0.05) is 61.0 Å². The topological polar surface area (TPSA) is 17.1 Å². The van der Waals surface area contributed by atoms with E-state index in [1.165, 1.54) is 22.3 Å². The van der Waals surface area contributed by atoms with Crippen LogP contribution in [0.2, 0.25) is 0 Å². The first-order valence-corrected chi connectivity index (χ1v) is 13.4. The summed E-state index contributed by atoms with van der Waals surface area (Å²) in [4.78, 5) is 12.3. The molecule has 4 rings (SSSR count). The Morgan fingerprint density at radius 1 is 0.667 bits per heavy atom. The van der Waals surface area contributed by atoms with Gasteiger partial charge in [0.25, 0.3) is 0 Å². The summed E-state index contributed by atoms with van der Waals surface area (Å²) >= 11 is 0. The average Bonchev–Trinajstić information content (AvgIpc) is 2.82. The van der Waals surface area contributed by atoms with Crippen LogP contribution in [0.5, 0.6) is 0 Å². The van der Waals surface area contributed by atoms with Crippen molar-refractivity contribution < 1.29 is 4.79 Å². The number of carbonyl (C=O) groups excluding carboxylic acids is 1. The summed E-state index contributed by atoms with van der Waals surface area (Å²) in [6.45, 7) is 0. The maximum atomic E-state index is 12.3. The average molecular weight is 416 g/mol. The molecule has 0 heterocycles. The number of benzene rings is 3. The van der Waals surface area contributed by atoms with Crippen molar-refractivity contribution in [2.45, 2.75) is 44.9 Å². The number of hydrogen-bond donors (Lipinski definition) is 0. The third kappa shape index (κ3) is 4.57. The van der Waals surface area contributed by atoms with Gasteiger partial charge in [-0.05, 0) is 68.5 Å². The minimum Gasteiger partial charge on any atom is -0.299 e. The molecule has 2 heteroatoms. The second-order valence-electron chi connectivity index (χ2n) is 8.44. The molecule has 1 saturated carbocycles. The molecule has 30 heavy (non-hydrogen) atoms. The zero-order valence-corrected chi connectivity index (χ0v) is 18.6. The Labute approximate surface area is 181 Å². The van der Waals surface area contributed by atoms with Gasteiger partial charge >= 0.3 is 0 Å². The van der Waals surface area contributed by atoms with Crippen molar-refractivity contribution in [3.8, 4) is 0 Å². The summed E-state index contributed by atoms with van der Waals surface area (Å²) < 4.78 is 0. The number of rotatable bonds is 8. The van der Waals surface area contributed by atoms with Gasteiger partial charge in [0.2, 0.25) is 0 Å². The number of unbranched alkanes of at least 4 members (excludes halogenated alkanes) is 1. The summed E-state index contributed by atoms with van der Waals surface area (Å²) in [5, 5.41) is 4.36. The smallest absolute Gasteiger partial charge is 0.135 e. The molecule has 1 aliphatic rings. The van der Waals surface area contributed by atoms with E-state index in [1.54, 1.807) is 0 Å². The standard InChI is InChI=1S/C28H32OP/c29-28-22-11-10-14-24(28)15-12-13-23-30(25-16-4-1-5-17-25,26-18-6-2-7-19-26)27-20-8-3-9-21-27/h1-9,16-21,24H,10-15,22-23H2/q+1. The first-order valence-electron chi connectivity index (χ1n) is 11.4. The molecule has 0 N–H and O–H groups in total. The monoisotopic (exact) mass is 415 g/mol. The minimum absolute atomic E-state index is 0.316. The summed E-state index contributed by atoms with van der Waals surface area (Å²) in [6.07, 6.45) is 8.77. The zero-order valence-electron chi connectivity index (χ0n) is 17.7. The molecule has 3 aromatic carbocycles. The molecule has 1 nitrogen and oxygen atoms in total. The maximum absolute atomic E-state index is 12.3. The summed E-state index contributed by atoms with van der Waals surface area (Å²) in [6, 6.07) is 33.3. The Morgan fingerprint density at radius 3 is 1.63 bits per heavy atom. The van der Waals surface area contributed by atoms with Gasteiger partial charge in [-0.25, -0.2) is 0 Å². The van der Waals surface area contributed by atoms with Gasteiger partial charge < -0.3 is 0 Å². The molecule has 0 saturated heterocycles. The van der Waals surface area contributed by atoms with Gasteiger partial charge in [-0.3, -0.25) is 4.79 Å². The van der Waals surface area contributed by atoms with Crippen molar-refractivity contribution in [3.05, 3.63) is 91.0 Å². The lowest BCUT2D eigenvalue weighted by Gasteiger charge is -2.28. The molecular formula is C28H32OP+. The van der Waals surface area contributed by atoms with Crippen molar-refractivity contribution in [3.63, 3.8) is 0 Å². The van der Waals surface area contributed by atoms with Crippen LogP contribution in [-0.4, -0.2) is 11.9 Å². The molecular weight excluding hydrogens is 383 g/mol. The molecule has 0 radical (unpaired) electrons. The Hall–Kier alpha value is -2.24. The molecule has 0 bridgehead atoms. The Kier molecular flexibility index (Phi) is 7.13. The van der Waals surface area contributed by atoms with Gasteiger partial charge in [0, 0.05) is 12.3 Å².